The number of rotatable bonds is 0. The van der Waals surface area contributed by atoms with Crippen LogP contribution in [0.4, 0.5) is 0 Å². The van der Waals surface area contributed by atoms with Crippen LogP contribution in [-0.2, 0) is 4.84 Å². The Morgan fingerprint density at radius 2 is 2.11 bits per heavy atom. The fourth-order valence-corrected chi connectivity index (χ4v) is 0.363. The maximum Gasteiger partial charge on any atom is 0.232 e. The van der Waals surface area contributed by atoms with Crippen LogP contribution < -0.4 is 0 Å². The van der Waals surface area contributed by atoms with Gasteiger partial charge in [-0.1, -0.05) is 25.9 Å². The molecule has 0 aromatic carbocycles. The third-order valence-electron chi connectivity index (χ3n) is 0.915. The Morgan fingerprint density at radius 1 is 1.56 bits per heavy atom. The predicted molar refractivity (Wildman–Crippen MR) is 36.1 cm³/mol. The molecule has 54 valence electrons. The lowest BCUT2D eigenvalue weighted by Crippen LogP contribution is -2.12. The van der Waals surface area contributed by atoms with Crippen molar-refractivity contribution in [3.63, 3.8) is 0 Å². The molecule has 1 aliphatic rings. The van der Waals surface area contributed by atoms with E-state index in [0.29, 0.717) is 0 Å². The van der Waals surface area contributed by atoms with E-state index >= 15 is 0 Å². The van der Waals surface area contributed by atoms with E-state index in [2.05, 4.69) is 9.99 Å². The van der Waals surface area contributed by atoms with E-state index in [-0.39, 0.29) is 5.92 Å². The quantitative estimate of drug-likeness (QED) is 0.532. The second kappa shape index (κ2) is 4.32. The zero-order chi connectivity index (χ0) is 7.28. The van der Waals surface area contributed by atoms with Gasteiger partial charge in [0.25, 0.3) is 0 Å². The molecule has 0 saturated heterocycles. The molecule has 0 aromatic heterocycles. The average molecular weight is 131 g/mol. The molecule has 2 atom stereocenters. The first-order valence-corrected chi connectivity index (χ1v) is 3.18. The molecule has 3 nitrogen and oxygen atoms in total. The number of hydrogen-bond donors (Lipinski definition) is 1. The van der Waals surface area contributed by atoms with E-state index in [1.165, 1.54) is 0 Å². The first-order chi connectivity index (χ1) is 4.30. The lowest BCUT2D eigenvalue weighted by Gasteiger charge is -2.01. The van der Waals surface area contributed by atoms with Gasteiger partial charge in [-0.3, -0.25) is 0 Å². The van der Waals surface area contributed by atoms with E-state index in [1.807, 2.05) is 20.8 Å². The average Bonchev–Trinajstić information content (AvgIpc) is 2.23. The van der Waals surface area contributed by atoms with Crippen molar-refractivity contribution in [3.05, 3.63) is 0 Å². The Hall–Kier alpha value is -0.570. The van der Waals surface area contributed by atoms with Gasteiger partial charge in [0.15, 0.2) is 0 Å². The second-order valence-corrected chi connectivity index (χ2v) is 1.61. The molecular formula is C6H13NO2. The summed E-state index contributed by atoms with van der Waals surface area (Å²) < 4.78 is 0. The summed E-state index contributed by atoms with van der Waals surface area (Å²) in [5.41, 5.74) is 0. The third kappa shape index (κ3) is 2.46. The number of oxime groups is 1. The van der Waals surface area contributed by atoms with Crippen molar-refractivity contribution in [2.45, 2.75) is 27.1 Å². The van der Waals surface area contributed by atoms with Crippen molar-refractivity contribution in [1.29, 1.82) is 0 Å². The Morgan fingerprint density at radius 3 is 2.22 bits per heavy atom. The highest BCUT2D eigenvalue weighted by atomic mass is 16.7. The molecule has 0 radical (unpaired) electrons. The lowest BCUT2D eigenvalue weighted by molar-refractivity contribution is -0.0959. The smallest absolute Gasteiger partial charge is 0.232 e. The molecule has 0 aromatic rings. The molecule has 9 heavy (non-hydrogen) atoms. The summed E-state index contributed by atoms with van der Waals surface area (Å²) in [4.78, 5) is 4.39. The van der Waals surface area contributed by atoms with Gasteiger partial charge in [0, 0.05) is 0 Å². The summed E-state index contributed by atoms with van der Waals surface area (Å²) in [6.45, 7) is 5.83. The summed E-state index contributed by atoms with van der Waals surface area (Å²) in [5, 5.41) is 12.0. The summed E-state index contributed by atoms with van der Waals surface area (Å²) in [6.07, 6.45) is 0.866. The van der Waals surface area contributed by atoms with E-state index in [0.717, 1.165) is 0 Å². The molecule has 0 spiro atoms. The van der Waals surface area contributed by atoms with Gasteiger partial charge in [-0.25, -0.2) is 0 Å². The number of aliphatic hydroxyl groups is 1. The van der Waals surface area contributed by atoms with Crippen LogP contribution in [0.15, 0.2) is 5.16 Å². The highest BCUT2D eigenvalue weighted by Crippen LogP contribution is 2.07. The Balaban J connectivity index is 0.000000291. The van der Waals surface area contributed by atoms with Crippen LogP contribution in [0.3, 0.4) is 0 Å². The normalized spacial score (nSPS) is 30.7. The number of nitrogens with zero attached hydrogens (tertiary/aromatic N) is 1. The Kier molecular flexibility index (Phi) is 4.05. The van der Waals surface area contributed by atoms with Gasteiger partial charge in [0.2, 0.25) is 6.29 Å². The van der Waals surface area contributed by atoms with Gasteiger partial charge < -0.3 is 9.94 Å². The number of hydrogen-bond acceptors (Lipinski definition) is 3. The molecule has 3 heteroatoms. The van der Waals surface area contributed by atoms with Crippen LogP contribution in [0, 0.1) is 5.92 Å². The SMILES string of the molecule is CC.CC1C=NOC1O. The van der Waals surface area contributed by atoms with E-state index in [4.69, 9.17) is 5.11 Å². The standard InChI is InChI=1S/C4H7NO2.C2H6/c1-3-2-5-7-4(3)6;1-2/h2-4,6H,1H3;1-2H3. The Labute approximate surface area is 55.3 Å². The molecule has 0 saturated carbocycles. The highest BCUT2D eigenvalue weighted by Gasteiger charge is 2.17. The van der Waals surface area contributed by atoms with Crippen molar-refractivity contribution in [2.24, 2.45) is 11.1 Å². The van der Waals surface area contributed by atoms with Crippen molar-refractivity contribution in [2.75, 3.05) is 0 Å². The minimum Gasteiger partial charge on any atom is -0.363 e. The van der Waals surface area contributed by atoms with Gasteiger partial charge in [0.05, 0.1) is 12.1 Å². The van der Waals surface area contributed by atoms with Gasteiger partial charge in [-0.05, 0) is 0 Å². The van der Waals surface area contributed by atoms with Gasteiger partial charge in [-0.2, -0.15) is 0 Å². The minimum absolute atomic E-state index is 0.0556. The zero-order valence-corrected chi connectivity index (χ0v) is 6.03. The highest BCUT2D eigenvalue weighted by molar-refractivity contribution is 5.61. The van der Waals surface area contributed by atoms with Crippen molar-refractivity contribution < 1.29 is 9.94 Å². The maximum atomic E-state index is 8.65. The Bertz CT molecular complexity index is 93.1. The molecule has 1 N–H and O–H groups in total. The van der Waals surface area contributed by atoms with E-state index in [1.54, 1.807) is 6.21 Å². The van der Waals surface area contributed by atoms with Crippen molar-refractivity contribution >= 4 is 6.21 Å². The second-order valence-electron chi connectivity index (χ2n) is 1.61. The molecule has 0 aliphatic carbocycles. The van der Waals surface area contributed by atoms with Crippen LogP contribution in [0.5, 0.6) is 0 Å². The topological polar surface area (TPSA) is 41.8 Å². The first-order valence-electron chi connectivity index (χ1n) is 3.18. The van der Waals surface area contributed by atoms with Crippen LogP contribution in [0.1, 0.15) is 20.8 Å². The largest absolute Gasteiger partial charge is 0.363 e. The van der Waals surface area contributed by atoms with Gasteiger partial charge in [0.1, 0.15) is 0 Å². The van der Waals surface area contributed by atoms with Crippen LogP contribution >= 0.6 is 0 Å². The maximum absolute atomic E-state index is 8.65. The fraction of sp³-hybridized carbons (Fsp3) is 0.833. The van der Waals surface area contributed by atoms with Crippen molar-refractivity contribution in [3.8, 4) is 0 Å². The molecule has 0 amide bonds. The summed E-state index contributed by atoms with van der Waals surface area (Å²) >= 11 is 0. The molecule has 1 aliphatic heterocycles. The lowest BCUT2D eigenvalue weighted by atomic mass is 10.2. The molecule has 0 fully saturated rings. The predicted octanol–water partition coefficient (Wildman–Crippen LogP) is 0.983. The van der Waals surface area contributed by atoms with E-state index < -0.39 is 6.29 Å². The summed E-state index contributed by atoms with van der Waals surface area (Å²) in [5.74, 6) is 0.0556. The molecule has 0 bridgehead atoms. The van der Waals surface area contributed by atoms with Gasteiger partial charge in [-0.15, -0.1) is 0 Å². The molecule has 1 heterocycles. The molecule has 1 rings (SSSR count). The summed E-state index contributed by atoms with van der Waals surface area (Å²) in [6, 6.07) is 0. The third-order valence-corrected chi connectivity index (χ3v) is 0.915. The monoisotopic (exact) mass is 131 g/mol. The van der Waals surface area contributed by atoms with E-state index in [9.17, 15) is 0 Å². The zero-order valence-electron chi connectivity index (χ0n) is 6.03. The molecular weight excluding hydrogens is 118 g/mol. The fourth-order valence-electron chi connectivity index (χ4n) is 0.363. The van der Waals surface area contributed by atoms with Crippen LogP contribution in [0.2, 0.25) is 0 Å². The van der Waals surface area contributed by atoms with Crippen molar-refractivity contribution in [1.82, 2.24) is 0 Å². The summed E-state index contributed by atoms with van der Waals surface area (Å²) in [7, 11) is 0. The van der Waals surface area contributed by atoms with Crippen LogP contribution in [0.25, 0.3) is 0 Å². The molecule has 2 unspecified atom stereocenters. The van der Waals surface area contributed by atoms with Crippen LogP contribution in [-0.4, -0.2) is 17.6 Å². The number of aliphatic hydroxyl groups excluding tert-OH is 1. The van der Waals surface area contributed by atoms with Gasteiger partial charge >= 0.3 is 0 Å². The first kappa shape index (κ1) is 8.43. The minimum atomic E-state index is -0.708.